The van der Waals surface area contributed by atoms with E-state index in [0.717, 1.165) is 25.9 Å². The molecule has 0 unspecified atom stereocenters. The molecule has 20 heavy (non-hydrogen) atoms. The third-order valence-corrected chi connectivity index (χ3v) is 3.36. The average molecular weight is 288 g/mol. The molecule has 1 N–H and O–H groups in total. The van der Waals surface area contributed by atoms with Gasteiger partial charge in [0.2, 0.25) is 0 Å². The first-order valence-electron chi connectivity index (χ1n) is 6.68. The van der Waals surface area contributed by atoms with Gasteiger partial charge in [-0.25, -0.2) is 0 Å². The molecule has 1 aromatic rings. The van der Waals surface area contributed by atoms with Gasteiger partial charge in [0.15, 0.2) is 6.61 Å². The Morgan fingerprint density at radius 3 is 2.55 bits per heavy atom. The molecule has 0 spiro atoms. The number of hydrogen-bond donors (Lipinski definition) is 1. The van der Waals surface area contributed by atoms with Crippen molar-refractivity contribution >= 4 is 5.69 Å². The van der Waals surface area contributed by atoms with Crippen molar-refractivity contribution in [1.82, 2.24) is 4.90 Å². The number of anilines is 1. The van der Waals surface area contributed by atoms with Crippen LogP contribution in [0.1, 0.15) is 12.8 Å². The quantitative estimate of drug-likeness (QED) is 0.921. The van der Waals surface area contributed by atoms with Crippen LogP contribution in [0.15, 0.2) is 24.3 Å². The summed E-state index contributed by atoms with van der Waals surface area (Å²) < 4.78 is 41.5. The van der Waals surface area contributed by atoms with Gasteiger partial charge in [-0.05, 0) is 45.1 Å². The maximum Gasteiger partial charge on any atom is 0.422 e. The lowest BCUT2D eigenvalue weighted by molar-refractivity contribution is -0.153. The molecule has 3 nitrogen and oxygen atoms in total. The van der Waals surface area contributed by atoms with Crippen molar-refractivity contribution in [2.45, 2.75) is 25.1 Å². The van der Waals surface area contributed by atoms with Crippen molar-refractivity contribution in [3.8, 4) is 5.75 Å². The van der Waals surface area contributed by atoms with Crippen molar-refractivity contribution in [1.29, 1.82) is 0 Å². The average Bonchev–Trinajstić information content (AvgIpc) is 2.39. The lowest BCUT2D eigenvalue weighted by atomic mass is 10.1. The number of hydrogen-bond acceptors (Lipinski definition) is 3. The molecule has 0 aliphatic carbocycles. The number of nitrogens with one attached hydrogen (secondary N) is 1. The van der Waals surface area contributed by atoms with Crippen LogP contribution < -0.4 is 10.1 Å². The van der Waals surface area contributed by atoms with Crippen LogP contribution in [0.25, 0.3) is 0 Å². The zero-order chi connectivity index (χ0) is 14.6. The molecule has 1 saturated heterocycles. The number of nitrogens with zero attached hydrogens (tertiary/aromatic N) is 1. The Labute approximate surface area is 116 Å². The minimum absolute atomic E-state index is 0.253. The fourth-order valence-electron chi connectivity index (χ4n) is 2.24. The summed E-state index contributed by atoms with van der Waals surface area (Å²) in [5, 5.41) is 3.29. The molecular formula is C14H19F3N2O. The zero-order valence-corrected chi connectivity index (χ0v) is 11.4. The van der Waals surface area contributed by atoms with Crippen molar-refractivity contribution in [3.05, 3.63) is 24.3 Å². The number of ether oxygens (including phenoxy) is 1. The molecule has 0 saturated carbocycles. The fourth-order valence-corrected chi connectivity index (χ4v) is 2.24. The molecule has 6 heteroatoms. The van der Waals surface area contributed by atoms with Gasteiger partial charge in [-0.1, -0.05) is 12.1 Å². The van der Waals surface area contributed by atoms with Gasteiger partial charge < -0.3 is 15.0 Å². The summed E-state index contributed by atoms with van der Waals surface area (Å²) in [4.78, 5) is 2.24. The second-order valence-corrected chi connectivity index (χ2v) is 5.12. The molecule has 2 rings (SSSR count). The summed E-state index contributed by atoms with van der Waals surface area (Å²) in [5.74, 6) is 0.253. The molecule has 0 amide bonds. The number of halogens is 3. The van der Waals surface area contributed by atoms with E-state index in [1.54, 1.807) is 24.3 Å². The SMILES string of the molecule is CN1CCC(Nc2ccccc2OCC(F)(F)F)CC1. The van der Waals surface area contributed by atoms with Gasteiger partial charge in [0.25, 0.3) is 0 Å². The number of piperidine rings is 1. The maximum absolute atomic E-state index is 12.2. The van der Waals surface area contributed by atoms with Crippen LogP contribution in [0.2, 0.25) is 0 Å². The van der Waals surface area contributed by atoms with Crippen molar-refractivity contribution < 1.29 is 17.9 Å². The number of rotatable bonds is 4. The van der Waals surface area contributed by atoms with Crippen molar-refractivity contribution in [3.63, 3.8) is 0 Å². The molecule has 1 aromatic carbocycles. The van der Waals surface area contributed by atoms with Crippen LogP contribution in [0.4, 0.5) is 18.9 Å². The van der Waals surface area contributed by atoms with Crippen molar-refractivity contribution in [2.75, 3.05) is 32.1 Å². The highest BCUT2D eigenvalue weighted by atomic mass is 19.4. The summed E-state index contributed by atoms with van der Waals surface area (Å²) >= 11 is 0. The molecule has 0 aromatic heterocycles. The standard InChI is InChI=1S/C14H19F3N2O/c1-19-8-6-11(7-9-19)18-12-4-2-3-5-13(12)20-10-14(15,16)17/h2-5,11,18H,6-10H2,1H3. The van der Waals surface area contributed by atoms with Gasteiger partial charge in [-0.3, -0.25) is 0 Å². The second kappa shape index (κ2) is 6.35. The highest BCUT2D eigenvalue weighted by Crippen LogP contribution is 2.28. The van der Waals surface area contributed by atoms with E-state index in [2.05, 4.69) is 17.3 Å². The van der Waals surface area contributed by atoms with E-state index < -0.39 is 12.8 Å². The Kier molecular flexibility index (Phi) is 4.75. The van der Waals surface area contributed by atoms with Crippen LogP contribution >= 0.6 is 0 Å². The van der Waals surface area contributed by atoms with Crippen LogP contribution in [-0.4, -0.2) is 43.9 Å². The summed E-state index contributed by atoms with van der Waals surface area (Å²) in [6.45, 7) is 0.714. The lowest BCUT2D eigenvalue weighted by Crippen LogP contribution is -2.36. The smallest absolute Gasteiger partial charge is 0.422 e. The van der Waals surface area contributed by atoms with Crippen LogP contribution in [0.5, 0.6) is 5.75 Å². The van der Waals surface area contributed by atoms with E-state index in [4.69, 9.17) is 4.74 Å². The number of para-hydroxylation sites is 2. The van der Waals surface area contributed by atoms with E-state index in [1.807, 2.05) is 0 Å². The summed E-state index contributed by atoms with van der Waals surface area (Å²) in [5.41, 5.74) is 0.631. The van der Waals surface area contributed by atoms with Crippen LogP contribution in [-0.2, 0) is 0 Å². The minimum Gasteiger partial charge on any atom is -0.482 e. The molecule has 1 heterocycles. The third kappa shape index (κ3) is 4.59. The van der Waals surface area contributed by atoms with E-state index in [-0.39, 0.29) is 11.8 Å². The summed E-state index contributed by atoms with van der Waals surface area (Å²) in [7, 11) is 2.07. The van der Waals surface area contributed by atoms with E-state index in [0.29, 0.717) is 5.69 Å². The Bertz CT molecular complexity index is 429. The number of alkyl halides is 3. The largest absolute Gasteiger partial charge is 0.482 e. The first kappa shape index (κ1) is 15.0. The van der Waals surface area contributed by atoms with Gasteiger partial charge in [0, 0.05) is 6.04 Å². The summed E-state index contributed by atoms with van der Waals surface area (Å²) in [6.07, 6.45) is -2.37. The first-order valence-corrected chi connectivity index (χ1v) is 6.68. The van der Waals surface area contributed by atoms with Crippen LogP contribution in [0, 0.1) is 0 Å². The normalized spacial score (nSPS) is 18.0. The Morgan fingerprint density at radius 1 is 1.25 bits per heavy atom. The molecule has 1 fully saturated rings. The molecule has 1 aliphatic heterocycles. The predicted octanol–water partition coefficient (Wildman–Crippen LogP) is 3.13. The van der Waals surface area contributed by atoms with Gasteiger partial charge in [-0.15, -0.1) is 0 Å². The summed E-state index contributed by atoms with van der Waals surface area (Å²) in [6, 6.07) is 7.05. The maximum atomic E-state index is 12.2. The minimum atomic E-state index is -4.32. The molecule has 0 radical (unpaired) electrons. The Hall–Kier alpha value is -1.43. The van der Waals surface area contributed by atoms with E-state index in [1.165, 1.54) is 0 Å². The highest BCUT2D eigenvalue weighted by molar-refractivity contribution is 5.56. The second-order valence-electron chi connectivity index (χ2n) is 5.12. The number of benzene rings is 1. The van der Waals surface area contributed by atoms with E-state index in [9.17, 15) is 13.2 Å². The van der Waals surface area contributed by atoms with Crippen LogP contribution in [0.3, 0.4) is 0 Å². The lowest BCUT2D eigenvalue weighted by Gasteiger charge is -2.30. The predicted molar refractivity (Wildman–Crippen MR) is 72.1 cm³/mol. The van der Waals surface area contributed by atoms with E-state index >= 15 is 0 Å². The third-order valence-electron chi connectivity index (χ3n) is 3.36. The van der Waals surface area contributed by atoms with Gasteiger partial charge in [0.05, 0.1) is 5.69 Å². The Morgan fingerprint density at radius 2 is 1.90 bits per heavy atom. The molecule has 1 aliphatic rings. The van der Waals surface area contributed by atoms with Crippen molar-refractivity contribution in [2.24, 2.45) is 0 Å². The molecule has 112 valence electrons. The van der Waals surface area contributed by atoms with Gasteiger partial charge in [-0.2, -0.15) is 13.2 Å². The monoisotopic (exact) mass is 288 g/mol. The number of likely N-dealkylation sites (tertiary alicyclic amines) is 1. The van der Waals surface area contributed by atoms with Gasteiger partial charge >= 0.3 is 6.18 Å². The highest BCUT2D eigenvalue weighted by Gasteiger charge is 2.29. The first-order chi connectivity index (χ1) is 9.44. The topological polar surface area (TPSA) is 24.5 Å². The van der Waals surface area contributed by atoms with Gasteiger partial charge in [0.1, 0.15) is 5.75 Å². The molecule has 0 atom stereocenters. The fraction of sp³-hybridized carbons (Fsp3) is 0.571. The molecular weight excluding hydrogens is 269 g/mol. The Balaban J connectivity index is 1.97. The zero-order valence-electron chi connectivity index (χ0n) is 11.4. The molecule has 0 bridgehead atoms.